The number of nitrogens with two attached hydrogens (primary N) is 3. The molecule has 7 N–H and O–H groups in total. The van der Waals surface area contributed by atoms with Crippen molar-refractivity contribution in [2.24, 2.45) is 22.5 Å². The van der Waals surface area contributed by atoms with Gasteiger partial charge in [-0.3, -0.25) is 9.80 Å². The second-order valence-electron chi connectivity index (χ2n) is 7.16. The van der Waals surface area contributed by atoms with Gasteiger partial charge in [-0.2, -0.15) is 0 Å². The molecular weight excluding hydrogens is 370 g/mol. The molecular formula is C20H31N7O2. The number of aromatic nitrogens is 1. The Hall–Kier alpha value is -2.78. The van der Waals surface area contributed by atoms with Gasteiger partial charge in [0.25, 0.3) is 5.91 Å². The summed E-state index contributed by atoms with van der Waals surface area (Å²) in [4.78, 5) is 12.6. The number of guanidine groups is 1. The minimum absolute atomic E-state index is 0.0383. The fraction of sp³-hybridized carbons (Fsp3) is 0.500. The third-order valence-electron chi connectivity index (χ3n) is 5.39. The number of ether oxygens (including phenoxy) is 1. The van der Waals surface area contributed by atoms with Crippen LogP contribution in [-0.2, 0) is 24.1 Å². The summed E-state index contributed by atoms with van der Waals surface area (Å²) >= 11 is 0. The summed E-state index contributed by atoms with van der Waals surface area (Å²) < 4.78 is 7.85. The Morgan fingerprint density at radius 1 is 1.31 bits per heavy atom. The van der Waals surface area contributed by atoms with Gasteiger partial charge in [-0.05, 0) is 56.4 Å². The molecule has 9 heteroatoms. The summed E-state index contributed by atoms with van der Waals surface area (Å²) in [6.45, 7) is 4.63. The molecule has 1 aliphatic carbocycles. The molecule has 0 spiro atoms. The van der Waals surface area contributed by atoms with Gasteiger partial charge < -0.3 is 26.2 Å². The fourth-order valence-electron chi connectivity index (χ4n) is 3.93. The minimum atomic E-state index is -0.0933. The first-order valence-corrected chi connectivity index (χ1v) is 10.1. The van der Waals surface area contributed by atoms with Gasteiger partial charge in [0.05, 0.1) is 19.8 Å². The number of benzene rings is 1. The summed E-state index contributed by atoms with van der Waals surface area (Å²) in [7, 11) is 0. The standard InChI is InChI=1S/C20H31N7O2/c1-2-26-17-6-4-3-5-15(17)16-13-14(7-8-18(16)26)19(28)24-9-11-29-12-10-27(23)20(21)25-22/h7-8,13H,2-6,9-12,22-23H2,1H3,(H2,21,25)(H,24,28). The number of hydrazone groups is 1. The number of hydrogen-bond acceptors (Lipinski definition) is 5. The summed E-state index contributed by atoms with van der Waals surface area (Å²) in [5.74, 6) is 10.6. The number of hydrogen-bond donors (Lipinski definition) is 4. The lowest BCUT2D eigenvalue weighted by molar-refractivity contribution is 0.0904. The van der Waals surface area contributed by atoms with E-state index in [2.05, 4.69) is 28.0 Å². The largest absolute Gasteiger partial charge is 0.378 e. The smallest absolute Gasteiger partial charge is 0.251 e. The number of aryl methyl sites for hydroxylation is 2. The van der Waals surface area contributed by atoms with Gasteiger partial charge >= 0.3 is 0 Å². The Labute approximate surface area is 170 Å². The van der Waals surface area contributed by atoms with Crippen LogP contribution >= 0.6 is 0 Å². The van der Waals surface area contributed by atoms with E-state index < -0.39 is 0 Å². The first-order chi connectivity index (χ1) is 14.1. The van der Waals surface area contributed by atoms with Crippen molar-refractivity contribution in [1.29, 1.82) is 0 Å². The maximum Gasteiger partial charge on any atom is 0.251 e. The quantitative estimate of drug-likeness (QED) is 0.169. The van der Waals surface area contributed by atoms with Crippen LogP contribution in [0, 0.1) is 0 Å². The lowest BCUT2D eigenvalue weighted by Gasteiger charge is -2.16. The Bertz CT molecular complexity index is 891. The van der Waals surface area contributed by atoms with Gasteiger partial charge in [0, 0.05) is 35.2 Å². The Kier molecular flexibility index (Phi) is 6.95. The number of nitrogens with zero attached hydrogens (tertiary/aromatic N) is 3. The molecule has 1 aliphatic rings. The highest BCUT2D eigenvalue weighted by Gasteiger charge is 2.20. The number of nitrogens with one attached hydrogen (secondary N) is 1. The Morgan fingerprint density at radius 3 is 2.86 bits per heavy atom. The van der Waals surface area contributed by atoms with E-state index in [9.17, 15) is 4.79 Å². The second kappa shape index (κ2) is 9.62. The van der Waals surface area contributed by atoms with E-state index in [0.29, 0.717) is 31.9 Å². The topological polar surface area (TPSA) is 137 Å². The van der Waals surface area contributed by atoms with Gasteiger partial charge in [-0.25, -0.2) is 5.84 Å². The zero-order valence-corrected chi connectivity index (χ0v) is 17.0. The highest BCUT2D eigenvalue weighted by atomic mass is 16.5. The molecule has 0 saturated carbocycles. The number of carbonyl (C=O) groups is 1. The summed E-state index contributed by atoms with van der Waals surface area (Å²) in [6, 6.07) is 6.00. The average Bonchev–Trinajstić information content (AvgIpc) is 3.08. The van der Waals surface area contributed by atoms with Crippen LogP contribution in [0.25, 0.3) is 10.9 Å². The number of amides is 1. The second-order valence-corrected chi connectivity index (χ2v) is 7.16. The van der Waals surface area contributed by atoms with E-state index in [1.54, 1.807) is 0 Å². The van der Waals surface area contributed by atoms with E-state index >= 15 is 0 Å². The van der Waals surface area contributed by atoms with Gasteiger partial charge in [0.15, 0.2) is 0 Å². The van der Waals surface area contributed by atoms with Crippen LogP contribution in [0.3, 0.4) is 0 Å². The van der Waals surface area contributed by atoms with Crippen LogP contribution in [-0.4, -0.2) is 47.7 Å². The molecule has 0 radical (unpaired) electrons. The van der Waals surface area contributed by atoms with E-state index in [0.717, 1.165) is 19.4 Å². The highest BCUT2D eigenvalue weighted by Crippen LogP contribution is 2.32. The summed E-state index contributed by atoms with van der Waals surface area (Å²) in [6.07, 6.45) is 4.67. The zero-order chi connectivity index (χ0) is 20.8. The van der Waals surface area contributed by atoms with E-state index in [-0.39, 0.29) is 11.9 Å². The monoisotopic (exact) mass is 401 g/mol. The van der Waals surface area contributed by atoms with Crippen LogP contribution in [0.15, 0.2) is 23.3 Å². The third kappa shape index (κ3) is 4.63. The van der Waals surface area contributed by atoms with Crippen LogP contribution < -0.4 is 22.7 Å². The molecule has 0 unspecified atom stereocenters. The van der Waals surface area contributed by atoms with E-state index in [1.165, 1.54) is 40.0 Å². The molecule has 1 heterocycles. The molecule has 1 aromatic carbocycles. The van der Waals surface area contributed by atoms with Crippen molar-refractivity contribution in [2.45, 2.75) is 39.2 Å². The summed E-state index contributed by atoms with van der Waals surface area (Å²) in [5, 5.41) is 8.62. The number of rotatable bonds is 8. The minimum Gasteiger partial charge on any atom is -0.378 e. The van der Waals surface area contributed by atoms with Crippen LogP contribution in [0.1, 0.15) is 41.4 Å². The van der Waals surface area contributed by atoms with Crippen molar-refractivity contribution in [3.8, 4) is 0 Å². The summed E-state index contributed by atoms with van der Waals surface area (Å²) in [5.41, 5.74) is 10.2. The van der Waals surface area contributed by atoms with Gasteiger partial charge in [0.1, 0.15) is 0 Å². The van der Waals surface area contributed by atoms with E-state index in [1.807, 2.05) is 12.1 Å². The predicted molar refractivity (Wildman–Crippen MR) is 114 cm³/mol. The molecule has 0 fully saturated rings. The molecule has 29 heavy (non-hydrogen) atoms. The van der Waals surface area contributed by atoms with Crippen LogP contribution in [0.4, 0.5) is 0 Å². The van der Waals surface area contributed by atoms with E-state index in [4.69, 9.17) is 22.2 Å². The van der Waals surface area contributed by atoms with Crippen LogP contribution in [0.2, 0.25) is 0 Å². The lowest BCUT2D eigenvalue weighted by atomic mass is 9.95. The molecule has 158 valence electrons. The van der Waals surface area contributed by atoms with Crippen molar-refractivity contribution in [3.63, 3.8) is 0 Å². The normalized spacial score (nSPS) is 14.1. The maximum atomic E-state index is 12.6. The number of fused-ring (bicyclic) bond motifs is 3. The number of carbonyl (C=O) groups excluding carboxylic acids is 1. The average molecular weight is 402 g/mol. The number of hydrazine groups is 1. The van der Waals surface area contributed by atoms with Crippen molar-refractivity contribution in [2.75, 3.05) is 26.3 Å². The lowest BCUT2D eigenvalue weighted by Crippen LogP contribution is -2.45. The maximum absolute atomic E-state index is 12.6. The Balaban J connectivity index is 1.55. The molecule has 1 aromatic heterocycles. The molecule has 0 bridgehead atoms. The van der Waals surface area contributed by atoms with Crippen molar-refractivity contribution in [3.05, 3.63) is 35.0 Å². The first kappa shape index (κ1) is 20.9. The third-order valence-corrected chi connectivity index (χ3v) is 5.39. The fourth-order valence-corrected chi connectivity index (χ4v) is 3.93. The SMILES string of the molecule is CCn1c2c(c3cc(C(=O)NCCOCCN(N)/C(N)=N\N)ccc31)CCCC2. The molecule has 0 aliphatic heterocycles. The molecule has 1 amide bonds. The molecule has 9 nitrogen and oxygen atoms in total. The van der Waals surface area contributed by atoms with Gasteiger partial charge in [-0.1, -0.05) is 0 Å². The van der Waals surface area contributed by atoms with Crippen molar-refractivity contribution < 1.29 is 9.53 Å². The highest BCUT2D eigenvalue weighted by molar-refractivity contribution is 5.99. The molecule has 0 saturated heterocycles. The molecule has 3 rings (SSSR count). The first-order valence-electron chi connectivity index (χ1n) is 10.1. The van der Waals surface area contributed by atoms with Gasteiger partial charge in [-0.15, -0.1) is 5.10 Å². The molecule has 0 atom stereocenters. The van der Waals surface area contributed by atoms with Gasteiger partial charge in [0.2, 0.25) is 5.96 Å². The zero-order valence-electron chi connectivity index (χ0n) is 17.0. The van der Waals surface area contributed by atoms with Crippen molar-refractivity contribution in [1.82, 2.24) is 14.9 Å². The van der Waals surface area contributed by atoms with Crippen molar-refractivity contribution >= 4 is 22.8 Å². The predicted octanol–water partition coefficient (Wildman–Crippen LogP) is 0.651. The Morgan fingerprint density at radius 2 is 2.10 bits per heavy atom. The molecule has 2 aromatic rings. The van der Waals surface area contributed by atoms with Crippen LogP contribution in [0.5, 0.6) is 0 Å².